The fraction of sp³-hybridized carbons (Fsp3) is 0.538. The summed E-state index contributed by atoms with van der Waals surface area (Å²) in [6, 6.07) is 2.32. The maximum absolute atomic E-state index is 6.23. The summed E-state index contributed by atoms with van der Waals surface area (Å²) in [6.45, 7) is 5.32. The minimum atomic E-state index is 0.132. The highest BCUT2D eigenvalue weighted by molar-refractivity contribution is 9.10. The molecule has 0 bridgehead atoms. The van der Waals surface area contributed by atoms with Crippen molar-refractivity contribution in [3.8, 4) is 5.75 Å². The lowest BCUT2D eigenvalue weighted by atomic mass is 9.85. The first-order valence-corrected chi connectivity index (χ1v) is 6.54. The van der Waals surface area contributed by atoms with Gasteiger partial charge in [-0.25, -0.2) is 0 Å². The molecule has 16 heavy (non-hydrogen) atoms. The highest BCUT2D eigenvalue weighted by Crippen LogP contribution is 2.52. The van der Waals surface area contributed by atoms with Crippen LogP contribution in [0.4, 0.5) is 0 Å². The van der Waals surface area contributed by atoms with Gasteiger partial charge in [-0.3, -0.25) is 0 Å². The van der Waals surface area contributed by atoms with E-state index in [-0.39, 0.29) is 11.5 Å². The van der Waals surface area contributed by atoms with Crippen molar-refractivity contribution >= 4 is 15.9 Å². The van der Waals surface area contributed by atoms with Gasteiger partial charge in [-0.15, -0.1) is 0 Å². The van der Waals surface area contributed by atoms with Crippen LogP contribution in [0.3, 0.4) is 0 Å². The summed E-state index contributed by atoms with van der Waals surface area (Å²) in [7, 11) is 0. The topological polar surface area (TPSA) is 35.2 Å². The molecule has 0 aromatic heterocycles. The summed E-state index contributed by atoms with van der Waals surface area (Å²) in [6.07, 6.45) is 2.02. The molecule has 1 aliphatic heterocycles. The molecule has 1 aromatic rings. The second kappa shape index (κ2) is 3.23. The molecule has 0 radical (unpaired) electrons. The van der Waals surface area contributed by atoms with Gasteiger partial charge in [-0.05, 0) is 29.0 Å². The third-order valence-electron chi connectivity index (χ3n) is 3.74. The van der Waals surface area contributed by atoms with Crippen LogP contribution in [0.25, 0.3) is 0 Å². The molecule has 0 spiro atoms. The summed E-state index contributed by atoms with van der Waals surface area (Å²) in [4.78, 5) is 0. The zero-order valence-electron chi connectivity index (χ0n) is 9.64. The van der Waals surface area contributed by atoms with Gasteiger partial charge < -0.3 is 10.5 Å². The first-order chi connectivity index (χ1) is 7.50. The van der Waals surface area contributed by atoms with Gasteiger partial charge in [0, 0.05) is 22.5 Å². The van der Waals surface area contributed by atoms with Crippen LogP contribution in [-0.4, -0.2) is 6.61 Å². The highest BCUT2D eigenvalue weighted by atomic mass is 79.9. The van der Waals surface area contributed by atoms with Gasteiger partial charge in [0.15, 0.2) is 0 Å². The van der Waals surface area contributed by atoms with Crippen molar-refractivity contribution in [2.45, 2.75) is 38.1 Å². The maximum atomic E-state index is 6.23. The van der Waals surface area contributed by atoms with Crippen molar-refractivity contribution in [2.24, 2.45) is 5.73 Å². The molecule has 86 valence electrons. The lowest BCUT2D eigenvalue weighted by Gasteiger charge is -2.21. The Labute approximate surface area is 104 Å². The van der Waals surface area contributed by atoms with Crippen molar-refractivity contribution in [2.75, 3.05) is 6.61 Å². The van der Waals surface area contributed by atoms with E-state index in [0.29, 0.717) is 0 Å². The van der Waals surface area contributed by atoms with E-state index >= 15 is 0 Å². The number of hydrogen-bond acceptors (Lipinski definition) is 2. The molecule has 1 aliphatic carbocycles. The molecule has 3 heteroatoms. The summed E-state index contributed by atoms with van der Waals surface area (Å²) < 4.78 is 6.96. The monoisotopic (exact) mass is 281 g/mol. The molecule has 0 saturated heterocycles. The highest BCUT2D eigenvalue weighted by Gasteiger charge is 2.41. The number of nitrogens with two attached hydrogens (primary N) is 1. The first-order valence-electron chi connectivity index (χ1n) is 5.75. The predicted molar refractivity (Wildman–Crippen MR) is 67.9 cm³/mol. The SMILES string of the molecule is CC1(C)CC(N)c2c(Br)cc3c(c21)OCC3. The zero-order chi connectivity index (χ0) is 11.5. The third-order valence-corrected chi connectivity index (χ3v) is 4.40. The molecule has 0 saturated carbocycles. The maximum Gasteiger partial charge on any atom is 0.126 e. The summed E-state index contributed by atoms with van der Waals surface area (Å²) in [5.74, 6) is 1.11. The Kier molecular flexibility index (Phi) is 2.14. The molecule has 0 amide bonds. The van der Waals surface area contributed by atoms with Crippen LogP contribution in [0.2, 0.25) is 0 Å². The average Bonchev–Trinajstić information content (AvgIpc) is 2.68. The van der Waals surface area contributed by atoms with Crippen molar-refractivity contribution in [1.29, 1.82) is 0 Å². The van der Waals surface area contributed by atoms with Crippen LogP contribution in [0, 0.1) is 0 Å². The summed E-state index contributed by atoms with van der Waals surface area (Å²) in [5.41, 5.74) is 10.3. The van der Waals surface area contributed by atoms with Crippen LogP contribution in [0.5, 0.6) is 5.75 Å². The summed E-state index contributed by atoms with van der Waals surface area (Å²) >= 11 is 3.66. The van der Waals surface area contributed by atoms with Crippen molar-refractivity contribution in [3.63, 3.8) is 0 Å². The number of halogens is 1. The number of benzene rings is 1. The van der Waals surface area contributed by atoms with Gasteiger partial charge in [0.2, 0.25) is 0 Å². The van der Waals surface area contributed by atoms with Crippen LogP contribution < -0.4 is 10.5 Å². The number of ether oxygens (including phenoxy) is 1. The average molecular weight is 282 g/mol. The van der Waals surface area contributed by atoms with E-state index in [1.165, 1.54) is 16.7 Å². The predicted octanol–water partition coefficient (Wildman–Crippen LogP) is 3.07. The second-order valence-electron chi connectivity index (χ2n) is 5.43. The normalized spacial score (nSPS) is 25.1. The van der Waals surface area contributed by atoms with E-state index < -0.39 is 0 Å². The molecule has 3 rings (SSSR count). The van der Waals surface area contributed by atoms with Gasteiger partial charge in [-0.1, -0.05) is 29.8 Å². The van der Waals surface area contributed by atoms with E-state index in [2.05, 4.69) is 35.8 Å². The molecule has 1 unspecified atom stereocenters. The third kappa shape index (κ3) is 1.28. The first kappa shape index (κ1) is 10.6. The molecule has 2 nitrogen and oxygen atoms in total. The van der Waals surface area contributed by atoms with Crippen molar-refractivity contribution in [1.82, 2.24) is 0 Å². The quantitative estimate of drug-likeness (QED) is 0.793. The lowest BCUT2D eigenvalue weighted by Crippen LogP contribution is -2.15. The Bertz CT molecular complexity index is 467. The van der Waals surface area contributed by atoms with Crippen LogP contribution in [-0.2, 0) is 11.8 Å². The van der Waals surface area contributed by atoms with Crippen LogP contribution in [0.1, 0.15) is 43.0 Å². The van der Waals surface area contributed by atoms with Gasteiger partial charge in [0.05, 0.1) is 6.61 Å². The van der Waals surface area contributed by atoms with Gasteiger partial charge in [0.25, 0.3) is 0 Å². The molecule has 1 heterocycles. The Morgan fingerprint density at radius 3 is 3.00 bits per heavy atom. The van der Waals surface area contributed by atoms with Gasteiger partial charge in [0.1, 0.15) is 5.75 Å². The smallest absolute Gasteiger partial charge is 0.126 e. The van der Waals surface area contributed by atoms with E-state index in [0.717, 1.165) is 29.7 Å². The van der Waals surface area contributed by atoms with E-state index in [1.54, 1.807) is 0 Å². The molecule has 1 aromatic carbocycles. The Morgan fingerprint density at radius 2 is 2.25 bits per heavy atom. The van der Waals surface area contributed by atoms with E-state index in [4.69, 9.17) is 10.5 Å². The minimum Gasteiger partial charge on any atom is -0.493 e. The van der Waals surface area contributed by atoms with Gasteiger partial charge in [-0.2, -0.15) is 0 Å². The molecule has 2 N–H and O–H groups in total. The molecule has 1 atom stereocenters. The fourth-order valence-corrected chi connectivity index (χ4v) is 3.87. The van der Waals surface area contributed by atoms with Crippen LogP contribution >= 0.6 is 15.9 Å². The number of fused-ring (bicyclic) bond motifs is 3. The van der Waals surface area contributed by atoms with Crippen LogP contribution in [0.15, 0.2) is 10.5 Å². The molecular weight excluding hydrogens is 266 g/mol. The zero-order valence-corrected chi connectivity index (χ0v) is 11.2. The Balaban J connectivity index is 2.33. The van der Waals surface area contributed by atoms with Crippen molar-refractivity contribution < 1.29 is 4.74 Å². The molecule has 0 fully saturated rings. The lowest BCUT2D eigenvalue weighted by molar-refractivity contribution is 0.345. The molecule has 2 aliphatic rings. The van der Waals surface area contributed by atoms with E-state index in [1.807, 2.05) is 0 Å². The Morgan fingerprint density at radius 1 is 1.50 bits per heavy atom. The van der Waals surface area contributed by atoms with Gasteiger partial charge >= 0.3 is 0 Å². The van der Waals surface area contributed by atoms with Crippen molar-refractivity contribution in [3.05, 3.63) is 27.2 Å². The minimum absolute atomic E-state index is 0.132. The number of hydrogen-bond donors (Lipinski definition) is 1. The number of rotatable bonds is 0. The molecular formula is C13H16BrNO. The standard InChI is InChI=1S/C13H16BrNO/c1-13(2)6-9(15)10-8(14)5-7-3-4-16-12(7)11(10)13/h5,9H,3-4,6,15H2,1-2H3. The Hall–Kier alpha value is -0.540. The largest absolute Gasteiger partial charge is 0.493 e. The second-order valence-corrected chi connectivity index (χ2v) is 6.28. The summed E-state index contributed by atoms with van der Waals surface area (Å²) in [5, 5.41) is 0. The van der Waals surface area contributed by atoms with E-state index in [9.17, 15) is 0 Å². The fourth-order valence-electron chi connectivity index (χ4n) is 3.10.